The van der Waals surface area contributed by atoms with Crippen LogP contribution < -0.4 is 10.5 Å². The van der Waals surface area contributed by atoms with Gasteiger partial charge in [-0.25, -0.2) is 13.1 Å². The topological polar surface area (TPSA) is 72.2 Å². The van der Waals surface area contributed by atoms with Crippen molar-refractivity contribution in [2.75, 3.05) is 6.54 Å². The monoisotopic (exact) mass is 400 g/mol. The molecule has 1 aromatic rings. The van der Waals surface area contributed by atoms with Gasteiger partial charge in [-0.2, -0.15) is 13.2 Å². The van der Waals surface area contributed by atoms with Crippen molar-refractivity contribution in [1.82, 2.24) is 4.72 Å². The molecule has 1 aliphatic rings. The van der Waals surface area contributed by atoms with Crippen molar-refractivity contribution >= 4 is 22.4 Å². The summed E-state index contributed by atoms with van der Waals surface area (Å²) in [5.41, 5.74) is 3.87. The molecule has 2 unspecified atom stereocenters. The predicted octanol–water partition coefficient (Wildman–Crippen LogP) is 3.45. The van der Waals surface area contributed by atoms with Crippen LogP contribution in [0.3, 0.4) is 0 Å². The summed E-state index contributed by atoms with van der Waals surface area (Å²) >= 11 is 0. The molecule has 2 rings (SSSR count). The third kappa shape index (κ3) is 5.32. The molecule has 0 heterocycles. The molecule has 2 atom stereocenters. The standard InChI is InChI=1S/C16H23F3N2O2S.ClH/c1-12-6-4-5-9-15(12,11-20)21-24(22,23)10-13-7-2-3-8-14(13)16(17,18)19;/h2-3,7-8,12,21H,4-6,9-11,20H2,1H3;1H. The van der Waals surface area contributed by atoms with Gasteiger partial charge in [0.2, 0.25) is 10.0 Å². The van der Waals surface area contributed by atoms with Crippen molar-refractivity contribution in [2.24, 2.45) is 11.7 Å². The van der Waals surface area contributed by atoms with Gasteiger partial charge in [-0.05, 0) is 30.4 Å². The number of halogens is 4. The van der Waals surface area contributed by atoms with Gasteiger partial charge in [0.25, 0.3) is 0 Å². The normalized spacial score (nSPS) is 24.6. The van der Waals surface area contributed by atoms with Gasteiger partial charge >= 0.3 is 6.18 Å². The van der Waals surface area contributed by atoms with Crippen molar-refractivity contribution in [3.63, 3.8) is 0 Å². The van der Waals surface area contributed by atoms with Crippen LogP contribution in [0, 0.1) is 5.92 Å². The summed E-state index contributed by atoms with van der Waals surface area (Å²) in [4.78, 5) is 0. The maximum absolute atomic E-state index is 13.1. The van der Waals surface area contributed by atoms with E-state index in [-0.39, 0.29) is 30.4 Å². The summed E-state index contributed by atoms with van der Waals surface area (Å²) in [5.74, 6) is -0.666. The first-order chi connectivity index (χ1) is 11.1. The first kappa shape index (κ1) is 22.2. The highest BCUT2D eigenvalue weighted by Gasteiger charge is 2.41. The Morgan fingerprint density at radius 3 is 2.48 bits per heavy atom. The Hall–Kier alpha value is -0.830. The zero-order valence-electron chi connectivity index (χ0n) is 14.0. The van der Waals surface area contributed by atoms with Crippen LogP contribution in [0.15, 0.2) is 24.3 Å². The van der Waals surface area contributed by atoms with E-state index < -0.39 is 33.1 Å². The Morgan fingerprint density at radius 1 is 1.28 bits per heavy atom. The summed E-state index contributed by atoms with van der Waals surface area (Å²) in [6.07, 6.45) is -1.29. The van der Waals surface area contributed by atoms with E-state index in [0.717, 1.165) is 25.3 Å². The Bertz CT molecular complexity index is 682. The number of alkyl halides is 3. The van der Waals surface area contributed by atoms with Crippen LogP contribution in [-0.4, -0.2) is 20.5 Å². The largest absolute Gasteiger partial charge is 0.416 e. The van der Waals surface area contributed by atoms with E-state index in [9.17, 15) is 21.6 Å². The molecule has 0 bridgehead atoms. The second-order valence-electron chi connectivity index (χ2n) is 6.52. The lowest BCUT2D eigenvalue weighted by molar-refractivity contribution is -0.138. The SMILES string of the molecule is CC1CCCCC1(CN)NS(=O)(=O)Cc1ccccc1C(F)(F)F.Cl. The molecule has 0 aromatic heterocycles. The van der Waals surface area contributed by atoms with Crippen LogP contribution in [0.25, 0.3) is 0 Å². The Morgan fingerprint density at radius 2 is 1.92 bits per heavy atom. The maximum Gasteiger partial charge on any atom is 0.416 e. The van der Waals surface area contributed by atoms with Crippen molar-refractivity contribution in [1.29, 1.82) is 0 Å². The highest BCUT2D eigenvalue weighted by molar-refractivity contribution is 7.88. The van der Waals surface area contributed by atoms with Crippen molar-refractivity contribution < 1.29 is 21.6 Å². The molecule has 0 aliphatic heterocycles. The Kier molecular flexibility index (Phi) is 7.32. The lowest BCUT2D eigenvalue weighted by atomic mass is 9.74. The molecule has 1 fully saturated rings. The third-order valence-corrected chi connectivity index (χ3v) is 6.25. The number of rotatable bonds is 5. The zero-order chi connectivity index (χ0) is 18.0. The number of nitrogens with one attached hydrogen (secondary N) is 1. The fraction of sp³-hybridized carbons (Fsp3) is 0.625. The lowest BCUT2D eigenvalue weighted by Gasteiger charge is -2.42. The average molecular weight is 401 g/mol. The van der Waals surface area contributed by atoms with Gasteiger partial charge in [-0.3, -0.25) is 0 Å². The van der Waals surface area contributed by atoms with Gasteiger partial charge in [0.15, 0.2) is 0 Å². The second kappa shape index (κ2) is 8.24. The minimum atomic E-state index is -4.59. The van der Waals surface area contributed by atoms with Crippen LogP contribution in [0.4, 0.5) is 13.2 Å². The van der Waals surface area contributed by atoms with Crippen molar-refractivity contribution in [3.8, 4) is 0 Å². The van der Waals surface area contributed by atoms with Crippen LogP contribution >= 0.6 is 12.4 Å². The summed E-state index contributed by atoms with van der Waals surface area (Å²) in [6.45, 7) is 2.06. The van der Waals surface area contributed by atoms with E-state index in [1.165, 1.54) is 18.2 Å². The molecule has 0 saturated heterocycles. The molecule has 0 spiro atoms. The number of hydrogen-bond donors (Lipinski definition) is 2. The zero-order valence-corrected chi connectivity index (χ0v) is 15.6. The molecule has 4 nitrogen and oxygen atoms in total. The molecule has 3 N–H and O–H groups in total. The van der Waals surface area contributed by atoms with E-state index in [1.807, 2.05) is 6.92 Å². The molecule has 1 aliphatic carbocycles. The molecule has 0 radical (unpaired) electrons. The highest BCUT2D eigenvalue weighted by atomic mass is 35.5. The van der Waals surface area contributed by atoms with E-state index in [1.54, 1.807) is 0 Å². The number of nitrogens with two attached hydrogens (primary N) is 1. The number of sulfonamides is 1. The van der Waals surface area contributed by atoms with Crippen molar-refractivity contribution in [3.05, 3.63) is 35.4 Å². The van der Waals surface area contributed by atoms with E-state index in [4.69, 9.17) is 5.73 Å². The molecule has 1 saturated carbocycles. The Balaban J connectivity index is 0.00000312. The quantitative estimate of drug-likeness (QED) is 0.795. The maximum atomic E-state index is 13.1. The fourth-order valence-corrected chi connectivity index (χ4v) is 5.12. The molecule has 0 amide bonds. The summed E-state index contributed by atoms with van der Waals surface area (Å²) < 4.78 is 66.8. The predicted molar refractivity (Wildman–Crippen MR) is 93.9 cm³/mol. The van der Waals surface area contributed by atoms with Gasteiger partial charge in [0, 0.05) is 12.1 Å². The molecule has 9 heteroatoms. The molecular weight excluding hydrogens is 377 g/mol. The van der Waals surface area contributed by atoms with Crippen LogP contribution in [-0.2, 0) is 22.0 Å². The third-order valence-electron chi connectivity index (χ3n) is 4.84. The van der Waals surface area contributed by atoms with E-state index in [2.05, 4.69) is 4.72 Å². The summed E-state index contributed by atoms with van der Waals surface area (Å²) in [5, 5.41) is 0. The fourth-order valence-electron chi connectivity index (χ4n) is 3.38. The molecule has 25 heavy (non-hydrogen) atoms. The minimum absolute atomic E-state index is 0. The molecular formula is C16H24ClF3N2O2S. The van der Waals surface area contributed by atoms with Gasteiger partial charge in [-0.1, -0.05) is 38.0 Å². The van der Waals surface area contributed by atoms with E-state index >= 15 is 0 Å². The lowest BCUT2D eigenvalue weighted by Crippen LogP contribution is -2.59. The van der Waals surface area contributed by atoms with Gasteiger partial charge in [-0.15, -0.1) is 12.4 Å². The highest BCUT2D eigenvalue weighted by Crippen LogP contribution is 2.35. The summed E-state index contributed by atoms with van der Waals surface area (Å²) in [7, 11) is -3.95. The van der Waals surface area contributed by atoms with Crippen LogP contribution in [0.5, 0.6) is 0 Å². The number of benzene rings is 1. The van der Waals surface area contributed by atoms with Crippen molar-refractivity contribution in [2.45, 2.75) is 50.1 Å². The van der Waals surface area contributed by atoms with Crippen LogP contribution in [0.2, 0.25) is 0 Å². The average Bonchev–Trinajstić information content (AvgIpc) is 2.48. The van der Waals surface area contributed by atoms with Gasteiger partial charge in [0.1, 0.15) is 0 Å². The molecule has 144 valence electrons. The second-order valence-corrected chi connectivity index (χ2v) is 8.25. The smallest absolute Gasteiger partial charge is 0.329 e. The Labute approximate surface area is 152 Å². The summed E-state index contributed by atoms with van der Waals surface area (Å²) in [6, 6.07) is 4.74. The first-order valence-corrected chi connectivity index (χ1v) is 9.62. The van der Waals surface area contributed by atoms with Gasteiger partial charge in [0.05, 0.1) is 11.3 Å². The minimum Gasteiger partial charge on any atom is -0.329 e. The number of hydrogen-bond acceptors (Lipinski definition) is 3. The first-order valence-electron chi connectivity index (χ1n) is 7.96. The van der Waals surface area contributed by atoms with Crippen LogP contribution in [0.1, 0.15) is 43.7 Å². The van der Waals surface area contributed by atoms with Gasteiger partial charge < -0.3 is 5.73 Å². The van der Waals surface area contributed by atoms with E-state index in [0.29, 0.717) is 6.42 Å². The molecule has 1 aromatic carbocycles.